The molecule has 1 heterocycles. The summed E-state index contributed by atoms with van der Waals surface area (Å²) in [7, 11) is 1.33. The lowest BCUT2D eigenvalue weighted by atomic mass is 10.2. The Labute approximate surface area is 101 Å². The quantitative estimate of drug-likeness (QED) is 0.556. The number of carbonyl (C=O) groups excluding carboxylic acids is 1. The monoisotopic (exact) mass is 241 g/mol. The highest BCUT2D eigenvalue weighted by Crippen LogP contribution is 2.08. The Morgan fingerprint density at radius 3 is 3.06 bits per heavy atom. The van der Waals surface area contributed by atoms with Crippen LogP contribution in [0, 0.1) is 0 Å². The molecule has 96 valence electrons. The molecule has 0 bridgehead atoms. The number of aliphatic hydroxyl groups is 1. The lowest BCUT2D eigenvalue weighted by Crippen LogP contribution is -2.19. The van der Waals surface area contributed by atoms with Crippen LogP contribution in [0.4, 0.5) is 0 Å². The SMILES string of the molecule is CCC(O)CCNCc1cc(C(=O)OC)co1. The first-order valence-corrected chi connectivity index (χ1v) is 5.71. The molecule has 1 rings (SSSR count). The second kappa shape index (κ2) is 7.09. The summed E-state index contributed by atoms with van der Waals surface area (Å²) in [5, 5.41) is 12.5. The third kappa shape index (κ3) is 4.58. The Balaban J connectivity index is 2.28. The summed E-state index contributed by atoms with van der Waals surface area (Å²) in [6, 6.07) is 1.65. The number of nitrogens with one attached hydrogen (secondary N) is 1. The van der Waals surface area contributed by atoms with E-state index in [0.29, 0.717) is 30.8 Å². The van der Waals surface area contributed by atoms with Crippen LogP contribution in [-0.2, 0) is 11.3 Å². The largest absolute Gasteiger partial charge is 0.467 e. The summed E-state index contributed by atoms with van der Waals surface area (Å²) in [6.07, 6.45) is 2.59. The van der Waals surface area contributed by atoms with E-state index in [1.807, 2.05) is 6.92 Å². The van der Waals surface area contributed by atoms with E-state index in [2.05, 4.69) is 10.1 Å². The van der Waals surface area contributed by atoms with Crippen molar-refractivity contribution in [2.75, 3.05) is 13.7 Å². The second-order valence-corrected chi connectivity index (χ2v) is 3.82. The topological polar surface area (TPSA) is 71.7 Å². The van der Waals surface area contributed by atoms with Gasteiger partial charge in [0.15, 0.2) is 0 Å². The van der Waals surface area contributed by atoms with Gasteiger partial charge in [-0.2, -0.15) is 0 Å². The number of hydrogen-bond donors (Lipinski definition) is 2. The Bertz CT molecular complexity index is 348. The van der Waals surface area contributed by atoms with Gasteiger partial charge in [0.25, 0.3) is 0 Å². The van der Waals surface area contributed by atoms with Gasteiger partial charge < -0.3 is 19.6 Å². The third-order valence-electron chi connectivity index (χ3n) is 2.50. The molecular formula is C12H19NO4. The average Bonchev–Trinajstić information content (AvgIpc) is 2.82. The number of ether oxygens (including phenoxy) is 1. The van der Waals surface area contributed by atoms with E-state index < -0.39 is 5.97 Å². The molecule has 5 nitrogen and oxygen atoms in total. The van der Waals surface area contributed by atoms with Crippen LogP contribution in [0.1, 0.15) is 35.9 Å². The van der Waals surface area contributed by atoms with Gasteiger partial charge in [-0.1, -0.05) is 6.92 Å². The third-order valence-corrected chi connectivity index (χ3v) is 2.50. The molecule has 0 fully saturated rings. The average molecular weight is 241 g/mol. The molecule has 1 aromatic heterocycles. The Hall–Kier alpha value is -1.33. The van der Waals surface area contributed by atoms with Crippen molar-refractivity contribution in [2.24, 2.45) is 0 Å². The molecule has 0 radical (unpaired) electrons. The Morgan fingerprint density at radius 2 is 2.41 bits per heavy atom. The molecule has 0 saturated heterocycles. The van der Waals surface area contributed by atoms with Gasteiger partial charge in [-0.25, -0.2) is 4.79 Å². The van der Waals surface area contributed by atoms with Gasteiger partial charge in [-0.05, 0) is 25.5 Å². The zero-order valence-electron chi connectivity index (χ0n) is 10.2. The fraction of sp³-hybridized carbons (Fsp3) is 0.583. The second-order valence-electron chi connectivity index (χ2n) is 3.82. The number of carbonyl (C=O) groups is 1. The molecule has 0 spiro atoms. The van der Waals surface area contributed by atoms with Gasteiger partial charge in [-0.3, -0.25) is 0 Å². The Kier molecular flexibility index (Phi) is 5.72. The fourth-order valence-electron chi connectivity index (χ4n) is 1.38. The van der Waals surface area contributed by atoms with E-state index in [-0.39, 0.29) is 6.10 Å². The van der Waals surface area contributed by atoms with Crippen LogP contribution in [0.25, 0.3) is 0 Å². The normalized spacial score (nSPS) is 12.4. The smallest absolute Gasteiger partial charge is 0.341 e. The van der Waals surface area contributed by atoms with Gasteiger partial charge in [0.1, 0.15) is 12.0 Å². The zero-order chi connectivity index (χ0) is 12.7. The molecule has 0 aliphatic carbocycles. The number of esters is 1. The molecule has 1 unspecified atom stereocenters. The van der Waals surface area contributed by atoms with E-state index in [1.165, 1.54) is 13.4 Å². The molecule has 0 aliphatic heterocycles. The summed E-state index contributed by atoms with van der Waals surface area (Å²) in [5.74, 6) is 0.276. The van der Waals surface area contributed by atoms with Gasteiger partial charge >= 0.3 is 5.97 Å². The minimum Gasteiger partial charge on any atom is -0.467 e. The van der Waals surface area contributed by atoms with Gasteiger partial charge in [0, 0.05) is 0 Å². The minimum atomic E-state index is -0.401. The van der Waals surface area contributed by atoms with Crippen LogP contribution in [0.3, 0.4) is 0 Å². The van der Waals surface area contributed by atoms with Gasteiger partial charge in [-0.15, -0.1) is 0 Å². The number of furan rings is 1. The number of methoxy groups -OCH3 is 1. The molecular weight excluding hydrogens is 222 g/mol. The molecule has 0 saturated carbocycles. The number of rotatable bonds is 7. The number of hydrogen-bond acceptors (Lipinski definition) is 5. The van der Waals surface area contributed by atoms with E-state index >= 15 is 0 Å². The molecule has 0 aromatic carbocycles. The standard InChI is InChI=1S/C12H19NO4/c1-3-10(14)4-5-13-7-11-6-9(8-17-11)12(15)16-2/h6,8,10,13-14H,3-5,7H2,1-2H3. The van der Waals surface area contributed by atoms with Gasteiger partial charge in [0.05, 0.1) is 25.3 Å². The van der Waals surface area contributed by atoms with Crippen molar-refractivity contribution in [3.8, 4) is 0 Å². The zero-order valence-corrected chi connectivity index (χ0v) is 10.2. The van der Waals surface area contributed by atoms with Crippen LogP contribution < -0.4 is 5.32 Å². The first kappa shape index (κ1) is 13.7. The van der Waals surface area contributed by atoms with Crippen LogP contribution in [0.5, 0.6) is 0 Å². The van der Waals surface area contributed by atoms with Crippen LogP contribution in [0.15, 0.2) is 16.7 Å². The van der Waals surface area contributed by atoms with Crippen molar-refractivity contribution >= 4 is 5.97 Å². The van der Waals surface area contributed by atoms with Crippen molar-refractivity contribution in [2.45, 2.75) is 32.4 Å². The molecule has 5 heteroatoms. The van der Waals surface area contributed by atoms with E-state index in [4.69, 9.17) is 4.42 Å². The number of aliphatic hydroxyl groups excluding tert-OH is 1. The molecule has 2 N–H and O–H groups in total. The maximum Gasteiger partial charge on any atom is 0.341 e. The molecule has 1 aromatic rings. The molecule has 0 aliphatic rings. The van der Waals surface area contributed by atoms with Crippen molar-refractivity contribution in [3.63, 3.8) is 0 Å². The highest BCUT2D eigenvalue weighted by atomic mass is 16.5. The summed E-state index contributed by atoms with van der Waals surface area (Å²) in [6.45, 7) is 3.19. The molecule has 1 atom stereocenters. The molecule has 17 heavy (non-hydrogen) atoms. The lowest BCUT2D eigenvalue weighted by molar-refractivity contribution is 0.0600. The summed E-state index contributed by atoms with van der Waals surface area (Å²) in [5.41, 5.74) is 0.415. The maximum absolute atomic E-state index is 11.1. The lowest BCUT2D eigenvalue weighted by Gasteiger charge is -2.07. The van der Waals surface area contributed by atoms with E-state index in [0.717, 1.165) is 6.42 Å². The van der Waals surface area contributed by atoms with Crippen molar-refractivity contribution in [1.29, 1.82) is 0 Å². The Morgan fingerprint density at radius 1 is 1.65 bits per heavy atom. The van der Waals surface area contributed by atoms with Crippen molar-refractivity contribution < 1.29 is 19.1 Å². The summed E-state index contributed by atoms with van der Waals surface area (Å²) < 4.78 is 9.76. The highest BCUT2D eigenvalue weighted by molar-refractivity contribution is 5.88. The fourth-order valence-corrected chi connectivity index (χ4v) is 1.38. The van der Waals surface area contributed by atoms with E-state index in [1.54, 1.807) is 6.07 Å². The minimum absolute atomic E-state index is 0.260. The summed E-state index contributed by atoms with van der Waals surface area (Å²) in [4.78, 5) is 11.1. The highest BCUT2D eigenvalue weighted by Gasteiger charge is 2.09. The van der Waals surface area contributed by atoms with E-state index in [9.17, 15) is 9.90 Å². The molecule has 0 amide bonds. The van der Waals surface area contributed by atoms with Gasteiger partial charge in [0.2, 0.25) is 0 Å². The summed E-state index contributed by atoms with van der Waals surface area (Å²) >= 11 is 0. The predicted molar refractivity (Wildman–Crippen MR) is 62.7 cm³/mol. The van der Waals surface area contributed by atoms with Crippen LogP contribution in [-0.4, -0.2) is 30.8 Å². The first-order chi connectivity index (χ1) is 8.17. The first-order valence-electron chi connectivity index (χ1n) is 5.71. The van der Waals surface area contributed by atoms with Crippen LogP contribution >= 0.6 is 0 Å². The van der Waals surface area contributed by atoms with Crippen molar-refractivity contribution in [3.05, 3.63) is 23.7 Å². The predicted octanol–water partition coefficient (Wildman–Crippen LogP) is 1.32. The van der Waals surface area contributed by atoms with Crippen LogP contribution in [0.2, 0.25) is 0 Å². The maximum atomic E-state index is 11.1. The van der Waals surface area contributed by atoms with Crippen molar-refractivity contribution in [1.82, 2.24) is 5.32 Å².